The number of hydrogen-bond donors (Lipinski definition) is 1. The smallest absolute Gasteiger partial charge is 0.336 e. The second kappa shape index (κ2) is 4.34. The van der Waals surface area contributed by atoms with Gasteiger partial charge in [-0.1, -0.05) is 43.6 Å². The van der Waals surface area contributed by atoms with Crippen LogP contribution in [0.1, 0.15) is 35.7 Å². The van der Waals surface area contributed by atoms with Crippen molar-refractivity contribution in [3.05, 3.63) is 40.5 Å². The number of nitrogens with zero attached hydrogens (tertiary/aromatic N) is 1. The largest absolute Gasteiger partial charge is 0.478 e. The van der Waals surface area contributed by atoms with Gasteiger partial charge in [0.1, 0.15) is 5.15 Å². The van der Waals surface area contributed by atoms with E-state index in [2.05, 4.69) is 4.98 Å². The summed E-state index contributed by atoms with van der Waals surface area (Å²) in [4.78, 5) is 15.4. The molecule has 0 bridgehead atoms. The van der Waals surface area contributed by atoms with Crippen molar-refractivity contribution in [3.8, 4) is 0 Å². The van der Waals surface area contributed by atoms with Crippen molar-refractivity contribution in [2.45, 2.75) is 19.8 Å². The number of para-hydroxylation sites is 1. The fourth-order valence-corrected chi connectivity index (χ4v) is 2.08. The number of rotatable bonds is 2. The Morgan fingerprint density at radius 1 is 1.41 bits per heavy atom. The van der Waals surface area contributed by atoms with Crippen LogP contribution >= 0.6 is 11.6 Å². The van der Waals surface area contributed by atoms with Crippen LogP contribution in [0.15, 0.2) is 24.3 Å². The van der Waals surface area contributed by atoms with Crippen LogP contribution < -0.4 is 0 Å². The van der Waals surface area contributed by atoms with E-state index in [1.54, 1.807) is 6.07 Å². The molecule has 3 nitrogen and oxygen atoms in total. The van der Waals surface area contributed by atoms with Gasteiger partial charge in [-0.2, -0.15) is 0 Å². The summed E-state index contributed by atoms with van der Waals surface area (Å²) in [7, 11) is 0. The minimum absolute atomic E-state index is 0.197. The molecule has 0 radical (unpaired) electrons. The molecule has 17 heavy (non-hydrogen) atoms. The Bertz CT molecular complexity index is 593. The first kappa shape index (κ1) is 11.9. The highest BCUT2D eigenvalue weighted by molar-refractivity contribution is 6.30. The van der Waals surface area contributed by atoms with Gasteiger partial charge in [0.25, 0.3) is 0 Å². The molecule has 0 aliphatic rings. The van der Waals surface area contributed by atoms with Crippen LogP contribution in [0, 0.1) is 0 Å². The Morgan fingerprint density at radius 3 is 2.71 bits per heavy atom. The van der Waals surface area contributed by atoms with Crippen molar-refractivity contribution in [2.75, 3.05) is 0 Å². The zero-order chi connectivity index (χ0) is 12.6. The first-order chi connectivity index (χ1) is 8.00. The molecule has 0 aliphatic heterocycles. The maximum Gasteiger partial charge on any atom is 0.336 e. The van der Waals surface area contributed by atoms with Crippen LogP contribution in [0.4, 0.5) is 0 Å². The number of carboxylic acid groups (broad SMARTS) is 1. The molecule has 1 heterocycles. The Labute approximate surface area is 104 Å². The average Bonchev–Trinajstić information content (AvgIpc) is 2.26. The second-order valence-corrected chi connectivity index (χ2v) is 4.58. The molecule has 0 fully saturated rings. The third-order valence-electron chi connectivity index (χ3n) is 2.69. The first-order valence-electron chi connectivity index (χ1n) is 5.33. The Kier molecular flexibility index (Phi) is 3.03. The van der Waals surface area contributed by atoms with Crippen LogP contribution in [-0.2, 0) is 0 Å². The molecule has 0 unspecified atom stereocenters. The molecule has 0 amide bonds. The standard InChI is InChI=1S/C13H12ClNO2/c1-7(2)8-4-3-5-9-10(13(16)17)6-11(14)15-12(8)9/h3-7H,1-2H3,(H,16,17). The zero-order valence-electron chi connectivity index (χ0n) is 9.57. The van der Waals surface area contributed by atoms with E-state index in [4.69, 9.17) is 16.7 Å². The number of benzene rings is 1. The number of carbonyl (C=O) groups is 1. The van der Waals surface area contributed by atoms with Gasteiger partial charge < -0.3 is 5.11 Å². The first-order valence-corrected chi connectivity index (χ1v) is 5.71. The number of fused-ring (bicyclic) bond motifs is 1. The predicted octanol–water partition coefficient (Wildman–Crippen LogP) is 3.71. The molecular weight excluding hydrogens is 238 g/mol. The highest BCUT2D eigenvalue weighted by Crippen LogP contribution is 2.28. The van der Waals surface area contributed by atoms with E-state index in [0.29, 0.717) is 10.9 Å². The lowest BCUT2D eigenvalue weighted by Crippen LogP contribution is -2.01. The monoisotopic (exact) mass is 249 g/mol. The minimum Gasteiger partial charge on any atom is -0.478 e. The zero-order valence-corrected chi connectivity index (χ0v) is 10.3. The van der Waals surface area contributed by atoms with E-state index in [1.165, 1.54) is 6.07 Å². The Morgan fingerprint density at radius 2 is 2.12 bits per heavy atom. The van der Waals surface area contributed by atoms with Crippen LogP contribution in [0.25, 0.3) is 10.9 Å². The predicted molar refractivity (Wildman–Crippen MR) is 67.8 cm³/mol. The molecule has 0 saturated heterocycles. The molecule has 2 aromatic rings. The maximum absolute atomic E-state index is 11.2. The van der Waals surface area contributed by atoms with E-state index < -0.39 is 5.97 Å². The van der Waals surface area contributed by atoms with Crippen LogP contribution in [0.3, 0.4) is 0 Å². The average molecular weight is 250 g/mol. The lowest BCUT2D eigenvalue weighted by atomic mass is 9.98. The number of halogens is 1. The van der Waals surface area contributed by atoms with Gasteiger partial charge in [0.05, 0.1) is 11.1 Å². The summed E-state index contributed by atoms with van der Waals surface area (Å²) in [5, 5.41) is 9.99. The topological polar surface area (TPSA) is 50.2 Å². The molecule has 4 heteroatoms. The molecule has 88 valence electrons. The minimum atomic E-state index is -0.986. The molecule has 1 aromatic carbocycles. The van der Waals surface area contributed by atoms with Crippen molar-refractivity contribution in [1.82, 2.24) is 4.98 Å². The van der Waals surface area contributed by atoms with Gasteiger partial charge in [0, 0.05) is 5.39 Å². The third kappa shape index (κ3) is 2.11. The van der Waals surface area contributed by atoms with Gasteiger partial charge in [-0.25, -0.2) is 9.78 Å². The Balaban J connectivity index is 2.88. The van der Waals surface area contributed by atoms with Crippen molar-refractivity contribution in [2.24, 2.45) is 0 Å². The number of pyridine rings is 1. The third-order valence-corrected chi connectivity index (χ3v) is 2.89. The van der Waals surface area contributed by atoms with E-state index >= 15 is 0 Å². The summed E-state index contributed by atoms with van der Waals surface area (Å²) in [5.74, 6) is -0.716. The van der Waals surface area contributed by atoms with Crippen LogP contribution in [-0.4, -0.2) is 16.1 Å². The molecule has 0 aliphatic carbocycles. The fourth-order valence-electron chi connectivity index (χ4n) is 1.88. The SMILES string of the molecule is CC(C)c1cccc2c(C(=O)O)cc(Cl)nc12. The molecular formula is C13H12ClNO2. The normalized spacial score (nSPS) is 11.1. The van der Waals surface area contributed by atoms with E-state index in [1.807, 2.05) is 26.0 Å². The van der Waals surface area contributed by atoms with Crippen LogP contribution in [0.5, 0.6) is 0 Å². The molecule has 0 atom stereocenters. The highest BCUT2D eigenvalue weighted by atomic mass is 35.5. The second-order valence-electron chi connectivity index (χ2n) is 4.20. The molecule has 0 saturated carbocycles. The van der Waals surface area contributed by atoms with Gasteiger partial charge in [0.2, 0.25) is 0 Å². The molecule has 1 N–H and O–H groups in total. The number of carboxylic acids is 1. The summed E-state index contributed by atoms with van der Waals surface area (Å²) < 4.78 is 0. The van der Waals surface area contributed by atoms with Gasteiger partial charge in [0.15, 0.2) is 0 Å². The maximum atomic E-state index is 11.2. The summed E-state index contributed by atoms with van der Waals surface area (Å²) in [6.07, 6.45) is 0. The van der Waals surface area contributed by atoms with Gasteiger partial charge in [-0.3, -0.25) is 0 Å². The number of aromatic carboxylic acids is 1. The molecule has 0 spiro atoms. The van der Waals surface area contributed by atoms with E-state index in [9.17, 15) is 4.79 Å². The van der Waals surface area contributed by atoms with E-state index in [0.717, 1.165) is 5.56 Å². The van der Waals surface area contributed by atoms with Gasteiger partial charge in [-0.15, -0.1) is 0 Å². The van der Waals surface area contributed by atoms with Crippen molar-refractivity contribution in [1.29, 1.82) is 0 Å². The summed E-state index contributed by atoms with van der Waals surface area (Å²) in [5.41, 5.74) is 1.88. The summed E-state index contributed by atoms with van der Waals surface area (Å²) in [6.45, 7) is 4.08. The highest BCUT2D eigenvalue weighted by Gasteiger charge is 2.14. The number of aromatic nitrogens is 1. The fraction of sp³-hybridized carbons (Fsp3) is 0.231. The van der Waals surface area contributed by atoms with E-state index in [-0.39, 0.29) is 16.6 Å². The van der Waals surface area contributed by atoms with Crippen molar-refractivity contribution in [3.63, 3.8) is 0 Å². The lowest BCUT2D eigenvalue weighted by Gasteiger charge is -2.10. The van der Waals surface area contributed by atoms with Crippen molar-refractivity contribution >= 4 is 28.5 Å². The summed E-state index contributed by atoms with van der Waals surface area (Å²) in [6, 6.07) is 6.94. The summed E-state index contributed by atoms with van der Waals surface area (Å²) >= 11 is 5.87. The molecule has 1 aromatic heterocycles. The van der Waals surface area contributed by atoms with Crippen molar-refractivity contribution < 1.29 is 9.90 Å². The van der Waals surface area contributed by atoms with Gasteiger partial charge in [-0.05, 0) is 17.5 Å². The number of hydrogen-bond acceptors (Lipinski definition) is 2. The Hall–Kier alpha value is -1.61. The quantitative estimate of drug-likeness (QED) is 0.826. The molecule has 2 rings (SSSR count). The van der Waals surface area contributed by atoms with Crippen LogP contribution in [0.2, 0.25) is 5.15 Å². The van der Waals surface area contributed by atoms with Gasteiger partial charge >= 0.3 is 5.97 Å². The lowest BCUT2D eigenvalue weighted by molar-refractivity contribution is 0.0699.